The first-order valence-corrected chi connectivity index (χ1v) is 21.8. The molecule has 0 aromatic heterocycles. The molecular weight excluding hydrogens is 759 g/mol. The number of thioether (sulfide) groups is 1. The third kappa shape index (κ3) is 11.9. The SMILES string of the molecule is CCC(C)C1NC(=O)C(C)N(C)C(=O)C(Cc2ccc(OC)cc2)NC(=O)C(C)=CC2CSC(=N2)C(C)C(O)CC(C)CC(C(C)(C)C)OC(=O)C2CCCN2C1=O. The van der Waals surface area contributed by atoms with E-state index in [1.165, 1.54) is 11.9 Å². The Morgan fingerprint density at radius 3 is 2.33 bits per heavy atom. The zero-order valence-corrected chi connectivity index (χ0v) is 37.2. The second kappa shape index (κ2) is 20.4. The molecule has 3 heterocycles. The molecule has 1 saturated heterocycles. The Hall–Kier alpha value is -3.91. The summed E-state index contributed by atoms with van der Waals surface area (Å²) in [6, 6.07) is 3.10. The van der Waals surface area contributed by atoms with Gasteiger partial charge in [-0.05, 0) is 74.5 Å². The number of nitrogens with one attached hydrogen (secondary N) is 2. The fourth-order valence-electron chi connectivity index (χ4n) is 7.64. The number of aliphatic hydroxyl groups excluding tert-OH is 1. The molecule has 0 radical (unpaired) electrons. The van der Waals surface area contributed by atoms with Crippen molar-refractivity contribution < 1.29 is 38.6 Å². The van der Waals surface area contributed by atoms with Gasteiger partial charge in [0.1, 0.15) is 36.0 Å². The maximum absolute atomic E-state index is 14.3. The van der Waals surface area contributed by atoms with E-state index in [1.807, 2.05) is 60.6 Å². The second-order valence-corrected chi connectivity index (χ2v) is 18.7. The van der Waals surface area contributed by atoms with Crippen molar-refractivity contribution in [2.45, 2.75) is 143 Å². The van der Waals surface area contributed by atoms with Crippen LogP contribution >= 0.6 is 11.8 Å². The molecule has 4 rings (SSSR count). The van der Waals surface area contributed by atoms with E-state index in [9.17, 15) is 29.1 Å². The molecule has 0 saturated carbocycles. The van der Waals surface area contributed by atoms with Gasteiger partial charge in [-0.3, -0.25) is 24.2 Å². The number of aliphatic hydroxyl groups is 1. The highest BCUT2D eigenvalue weighted by Gasteiger charge is 2.43. The van der Waals surface area contributed by atoms with Gasteiger partial charge in [-0.2, -0.15) is 0 Å². The van der Waals surface area contributed by atoms with Crippen molar-refractivity contribution in [3.05, 3.63) is 41.5 Å². The molecule has 1 aromatic rings. The number of carbonyl (C=O) groups excluding carboxylic acids is 5. The van der Waals surface area contributed by atoms with Gasteiger partial charge in [0.15, 0.2) is 0 Å². The average Bonchev–Trinajstić information content (AvgIpc) is 3.87. The Morgan fingerprint density at radius 2 is 1.71 bits per heavy atom. The topological polar surface area (TPSA) is 167 Å². The Bertz CT molecular complexity index is 1690. The van der Waals surface area contributed by atoms with Crippen LogP contribution in [0.2, 0.25) is 0 Å². The van der Waals surface area contributed by atoms with Crippen molar-refractivity contribution in [2.24, 2.45) is 28.2 Å². The van der Waals surface area contributed by atoms with E-state index in [-0.39, 0.29) is 36.1 Å². The lowest BCUT2D eigenvalue weighted by Gasteiger charge is -2.36. The number of esters is 1. The van der Waals surface area contributed by atoms with E-state index < -0.39 is 65.5 Å². The minimum absolute atomic E-state index is 0.00223. The molecule has 3 N–H and O–H groups in total. The molecule has 0 spiro atoms. The van der Waals surface area contributed by atoms with Crippen molar-refractivity contribution in [1.82, 2.24) is 20.4 Å². The maximum Gasteiger partial charge on any atom is 0.329 e. The number of hydrogen-bond acceptors (Lipinski definition) is 10. The summed E-state index contributed by atoms with van der Waals surface area (Å²) in [6.45, 7) is 17.5. The molecule has 2 bridgehead atoms. The molecule has 1 aromatic carbocycles. The summed E-state index contributed by atoms with van der Waals surface area (Å²) in [5.74, 6) is -1.57. The van der Waals surface area contributed by atoms with Crippen LogP contribution in [-0.2, 0) is 35.1 Å². The molecule has 1 fully saturated rings. The van der Waals surface area contributed by atoms with Crippen molar-refractivity contribution in [2.75, 3.05) is 26.5 Å². The van der Waals surface area contributed by atoms with Crippen molar-refractivity contribution in [1.29, 1.82) is 0 Å². The van der Waals surface area contributed by atoms with Crippen LogP contribution < -0.4 is 15.4 Å². The standard InChI is InChI=1S/C44H67N5O8S/c1-12-26(3)37-42(54)49-19-13-14-34(49)43(55)57-36(44(7,8)9)21-25(2)20-35(50)28(5)40-45-31(24-58-40)22-27(4)38(51)46-33(23-30-15-17-32(56-11)18-16-30)41(53)48(10)29(6)39(52)47-37/h15-18,22,25-26,28-29,31,33-37,50H,12-14,19-21,23-24H2,1-11H3,(H,46,51)(H,47,52). The minimum Gasteiger partial charge on any atom is -0.497 e. The highest BCUT2D eigenvalue weighted by atomic mass is 32.2. The van der Waals surface area contributed by atoms with Gasteiger partial charge in [-0.15, -0.1) is 11.8 Å². The first-order chi connectivity index (χ1) is 27.2. The second-order valence-electron chi connectivity index (χ2n) is 17.7. The number of fused-ring (bicyclic) bond motifs is 2. The van der Waals surface area contributed by atoms with E-state index in [0.29, 0.717) is 55.7 Å². The highest BCUT2D eigenvalue weighted by Crippen LogP contribution is 2.34. The molecule has 4 amide bonds. The zero-order valence-electron chi connectivity index (χ0n) is 36.4. The number of hydrogen-bond donors (Lipinski definition) is 3. The number of carbonyl (C=O) groups is 5. The number of methoxy groups -OCH3 is 1. The molecule has 3 aliphatic heterocycles. The summed E-state index contributed by atoms with van der Waals surface area (Å²) in [4.78, 5) is 78.0. The molecule has 13 nitrogen and oxygen atoms in total. The van der Waals surface area contributed by atoms with Crippen molar-refractivity contribution in [3.63, 3.8) is 0 Å². The van der Waals surface area contributed by atoms with Gasteiger partial charge < -0.3 is 35.0 Å². The molecule has 10 atom stereocenters. The van der Waals surface area contributed by atoms with Crippen LogP contribution in [0.15, 0.2) is 40.9 Å². The Kier molecular flexibility index (Phi) is 16.4. The lowest BCUT2D eigenvalue weighted by atomic mass is 9.81. The number of ether oxygens (including phenoxy) is 2. The number of benzene rings is 1. The Morgan fingerprint density at radius 1 is 1.03 bits per heavy atom. The molecule has 58 heavy (non-hydrogen) atoms. The van der Waals surface area contributed by atoms with E-state index in [4.69, 9.17) is 14.5 Å². The van der Waals surface area contributed by atoms with Crippen molar-refractivity contribution in [3.8, 4) is 5.75 Å². The average molecular weight is 826 g/mol. The molecule has 0 aliphatic carbocycles. The predicted molar refractivity (Wildman–Crippen MR) is 227 cm³/mol. The third-order valence-electron chi connectivity index (χ3n) is 12.0. The number of amides is 4. The molecule has 322 valence electrons. The minimum atomic E-state index is -1.03. The van der Waals surface area contributed by atoms with Gasteiger partial charge in [0.2, 0.25) is 23.6 Å². The quantitative estimate of drug-likeness (QED) is 0.349. The third-order valence-corrected chi connectivity index (χ3v) is 13.3. The van der Waals surface area contributed by atoms with Crippen LogP contribution in [0, 0.1) is 23.2 Å². The van der Waals surface area contributed by atoms with Crippen LogP contribution in [0.3, 0.4) is 0 Å². The van der Waals surface area contributed by atoms with Crippen LogP contribution in [0.25, 0.3) is 0 Å². The monoisotopic (exact) mass is 825 g/mol. The van der Waals surface area contributed by atoms with Gasteiger partial charge >= 0.3 is 5.97 Å². The van der Waals surface area contributed by atoms with Crippen LogP contribution in [0.1, 0.15) is 100.0 Å². The first-order valence-electron chi connectivity index (χ1n) is 20.8. The number of likely N-dealkylation sites (N-methyl/N-ethyl adjacent to an activating group) is 1. The van der Waals surface area contributed by atoms with E-state index in [0.717, 1.165) is 10.6 Å². The van der Waals surface area contributed by atoms with Gasteiger partial charge in [-0.1, -0.05) is 73.1 Å². The molecule has 3 aliphatic rings. The van der Waals surface area contributed by atoms with Crippen LogP contribution in [0.4, 0.5) is 0 Å². The smallest absolute Gasteiger partial charge is 0.329 e. The summed E-state index contributed by atoms with van der Waals surface area (Å²) >= 11 is 1.56. The van der Waals surface area contributed by atoms with Crippen LogP contribution in [-0.4, -0.2) is 118 Å². The molecule has 14 heteroatoms. The normalized spacial score (nSPS) is 30.9. The number of rotatable bonds is 5. The van der Waals surface area contributed by atoms with Crippen molar-refractivity contribution >= 4 is 46.4 Å². The molecular formula is C44H67N5O8S. The van der Waals surface area contributed by atoms with E-state index >= 15 is 0 Å². The zero-order chi connectivity index (χ0) is 43.1. The summed E-state index contributed by atoms with van der Waals surface area (Å²) in [6.07, 6.45) is 3.38. The van der Waals surface area contributed by atoms with E-state index in [2.05, 4.69) is 10.6 Å². The molecule has 10 unspecified atom stereocenters. The van der Waals surface area contributed by atoms with Gasteiger partial charge in [0.05, 0.1) is 24.3 Å². The summed E-state index contributed by atoms with van der Waals surface area (Å²) in [5.41, 5.74) is 0.753. The lowest BCUT2D eigenvalue weighted by Crippen LogP contribution is -2.59. The Labute approximate surface area is 349 Å². The summed E-state index contributed by atoms with van der Waals surface area (Å²) in [7, 11) is 3.07. The summed E-state index contributed by atoms with van der Waals surface area (Å²) in [5, 5.41) is 18.1. The summed E-state index contributed by atoms with van der Waals surface area (Å²) < 4.78 is 11.6. The maximum atomic E-state index is 14.3. The largest absolute Gasteiger partial charge is 0.497 e. The first kappa shape index (κ1) is 46.8. The highest BCUT2D eigenvalue weighted by molar-refractivity contribution is 8.14. The predicted octanol–water partition coefficient (Wildman–Crippen LogP) is 4.94. The fraction of sp³-hybridized carbons (Fsp3) is 0.682. The van der Waals surface area contributed by atoms with Gasteiger partial charge in [-0.25, -0.2) is 4.79 Å². The number of cyclic esters (lactones) is 1. The number of nitrogens with zero attached hydrogens (tertiary/aromatic N) is 3. The number of aliphatic imine (C=N–C) groups is 1. The fourth-order valence-corrected chi connectivity index (χ4v) is 8.78. The van der Waals surface area contributed by atoms with Gasteiger partial charge in [0.25, 0.3) is 0 Å². The van der Waals surface area contributed by atoms with Crippen LogP contribution in [0.5, 0.6) is 5.75 Å². The Balaban J connectivity index is 1.71. The van der Waals surface area contributed by atoms with E-state index in [1.54, 1.807) is 55.8 Å². The lowest BCUT2D eigenvalue weighted by molar-refractivity contribution is -0.165. The van der Waals surface area contributed by atoms with Gasteiger partial charge in [0, 0.05) is 37.3 Å².